The Balaban J connectivity index is 5.94. The van der Waals surface area contributed by atoms with Crippen LogP contribution in [0.25, 0.3) is 0 Å². The minimum Gasteiger partial charge on any atom is -0.458 e. The van der Waals surface area contributed by atoms with E-state index in [2.05, 4.69) is 4.74 Å². The van der Waals surface area contributed by atoms with Crippen molar-refractivity contribution in [2.24, 2.45) is 5.84 Å². The normalized spacial score (nSPS) is 12.8. The highest BCUT2D eigenvalue weighted by Gasteiger charge is 2.60. The van der Waals surface area contributed by atoms with Crippen LogP contribution in [0.2, 0.25) is 0 Å². The summed E-state index contributed by atoms with van der Waals surface area (Å²) in [6, 6.07) is 0. The van der Waals surface area contributed by atoms with Gasteiger partial charge in [-0.1, -0.05) is 0 Å². The molecule has 0 fully saturated rings. The summed E-state index contributed by atoms with van der Waals surface area (Å²) in [4.78, 5) is 49.6. The van der Waals surface area contributed by atoms with E-state index in [1.54, 1.807) is 5.43 Å². The maximum atomic E-state index is 12.6. The molecule has 0 atom stereocenters. The summed E-state index contributed by atoms with van der Waals surface area (Å²) < 4.78 is 19.6. The lowest BCUT2D eigenvalue weighted by atomic mass is 9.99. The van der Waals surface area contributed by atoms with E-state index in [1.165, 1.54) is 62.3 Å². The van der Waals surface area contributed by atoms with E-state index in [9.17, 15) is 19.2 Å². The number of hydrogen-bond donors (Lipinski definition) is 2. The number of carbonyl (C=O) groups is 4. The highest BCUT2D eigenvalue weighted by atomic mass is 16.8. The molecule has 0 aliphatic carbocycles. The smallest absolute Gasteiger partial charge is 0.458 e. The maximum absolute atomic E-state index is 12.6. The van der Waals surface area contributed by atoms with Gasteiger partial charge in [0, 0.05) is 0 Å². The van der Waals surface area contributed by atoms with Gasteiger partial charge in [0.25, 0.3) is 0 Å². The molecule has 0 aromatic rings. The molecule has 10 heteroatoms. The molecule has 10 nitrogen and oxygen atoms in total. The number of hydrogen-bond acceptors (Lipinski definition) is 10. The first-order chi connectivity index (χ1) is 11.8. The summed E-state index contributed by atoms with van der Waals surface area (Å²) in [5.41, 5.74) is -4.25. The van der Waals surface area contributed by atoms with Crippen molar-refractivity contribution in [3.8, 4) is 0 Å². The molecule has 0 saturated heterocycles. The van der Waals surface area contributed by atoms with Crippen LogP contribution in [-0.4, -0.2) is 46.4 Å². The second kappa shape index (κ2) is 8.22. The van der Waals surface area contributed by atoms with Gasteiger partial charge in [-0.15, -0.1) is 0 Å². The van der Waals surface area contributed by atoms with Crippen molar-refractivity contribution in [3.05, 3.63) is 0 Å². The number of esters is 3. The molecule has 0 bridgehead atoms. The van der Waals surface area contributed by atoms with Crippen molar-refractivity contribution in [1.29, 1.82) is 0 Å². The molecule has 0 aliphatic rings. The van der Waals surface area contributed by atoms with Gasteiger partial charge >= 0.3 is 29.6 Å². The Morgan fingerprint density at radius 1 is 0.630 bits per heavy atom. The molecule has 156 valence electrons. The van der Waals surface area contributed by atoms with E-state index in [4.69, 9.17) is 20.1 Å². The molecule has 0 unspecified atom stereocenters. The van der Waals surface area contributed by atoms with Crippen molar-refractivity contribution in [1.82, 2.24) is 5.43 Å². The minimum absolute atomic E-state index is 0.978. The second-order valence-electron chi connectivity index (χ2n) is 8.75. The predicted octanol–water partition coefficient (Wildman–Crippen LogP) is 1.35. The molecular weight excluding hydrogens is 360 g/mol. The van der Waals surface area contributed by atoms with E-state index in [1.807, 2.05) is 0 Å². The molecule has 0 spiro atoms. The molecule has 0 aliphatic heterocycles. The fourth-order valence-electron chi connectivity index (χ4n) is 1.56. The van der Waals surface area contributed by atoms with Gasteiger partial charge in [-0.25, -0.2) is 24.6 Å². The monoisotopic (exact) mass is 390 g/mol. The zero-order chi connectivity index (χ0) is 21.8. The first kappa shape index (κ1) is 24.8. The summed E-state index contributed by atoms with van der Waals surface area (Å²) in [7, 11) is 0. The molecule has 0 aromatic heterocycles. The van der Waals surface area contributed by atoms with Crippen LogP contribution in [0.15, 0.2) is 0 Å². The van der Waals surface area contributed by atoms with Gasteiger partial charge in [-0.3, -0.25) is 5.84 Å². The minimum atomic E-state index is -2.92. The van der Waals surface area contributed by atoms with Gasteiger partial charge in [0.05, 0.1) is 0 Å². The highest BCUT2D eigenvalue weighted by molar-refractivity contribution is 6.24. The molecule has 0 saturated carbocycles. The van der Waals surface area contributed by atoms with Gasteiger partial charge in [0.15, 0.2) is 0 Å². The second-order valence-corrected chi connectivity index (χ2v) is 8.75. The van der Waals surface area contributed by atoms with Crippen LogP contribution >= 0.6 is 0 Å². The zero-order valence-corrected chi connectivity index (χ0v) is 17.3. The Bertz CT molecular complexity index is 566. The lowest BCUT2D eigenvalue weighted by molar-refractivity contribution is -0.185. The Morgan fingerprint density at radius 2 is 0.963 bits per heavy atom. The third kappa shape index (κ3) is 7.92. The number of nitrogens with one attached hydrogen (secondary N) is 1. The molecule has 0 heterocycles. The Kier molecular flexibility index (Phi) is 7.55. The number of ether oxygens (including phenoxy) is 4. The zero-order valence-electron chi connectivity index (χ0n) is 17.3. The third-order valence-corrected chi connectivity index (χ3v) is 2.50. The van der Waals surface area contributed by atoms with E-state index in [0.717, 1.165) is 0 Å². The summed E-state index contributed by atoms with van der Waals surface area (Å²) in [5.74, 6) is 0.933. The van der Waals surface area contributed by atoms with Crippen LogP contribution in [0.1, 0.15) is 62.3 Å². The predicted molar refractivity (Wildman–Crippen MR) is 94.1 cm³/mol. The van der Waals surface area contributed by atoms with Gasteiger partial charge in [-0.05, 0) is 62.3 Å². The molecule has 0 radical (unpaired) electrons. The maximum Gasteiger partial charge on any atom is 0.516 e. The SMILES string of the molecule is CC(C)(C)OC(=O)OC(=O)C(NN)(C(=O)OC(C)(C)C)C(=O)OC(C)(C)C. The van der Waals surface area contributed by atoms with E-state index >= 15 is 0 Å². The van der Waals surface area contributed by atoms with Crippen molar-refractivity contribution in [2.75, 3.05) is 0 Å². The highest BCUT2D eigenvalue weighted by Crippen LogP contribution is 2.21. The lowest BCUT2D eigenvalue weighted by Crippen LogP contribution is -2.69. The van der Waals surface area contributed by atoms with Crippen molar-refractivity contribution < 1.29 is 38.1 Å². The van der Waals surface area contributed by atoms with Crippen LogP contribution in [0.3, 0.4) is 0 Å². The van der Waals surface area contributed by atoms with E-state index in [-0.39, 0.29) is 0 Å². The quantitative estimate of drug-likeness (QED) is 0.237. The first-order valence-electron chi connectivity index (χ1n) is 8.24. The lowest BCUT2D eigenvalue weighted by Gasteiger charge is -2.32. The average molecular weight is 390 g/mol. The Morgan fingerprint density at radius 3 is 1.22 bits per heavy atom. The number of hydrazine groups is 1. The molecule has 27 heavy (non-hydrogen) atoms. The van der Waals surface area contributed by atoms with Gasteiger partial charge in [0.1, 0.15) is 16.8 Å². The molecular formula is C17H30N2O8. The van der Waals surface area contributed by atoms with Gasteiger partial charge in [0.2, 0.25) is 0 Å². The molecule has 0 aromatic carbocycles. The summed E-state index contributed by atoms with van der Waals surface area (Å²) >= 11 is 0. The van der Waals surface area contributed by atoms with E-state index in [0.29, 0.717) is 0 Å². The molecule has 0 amide bonds. The van der Waals surface area contributed by atoms with Crippen LogP contribution in [0.5, 0.6) is 0 Å². The van der Waals surface area contributed by atoms with Crippen LogP contribution < -0.4 is 11.3 Å². The average Bonchev–Trinajstić information content (AvgIpc) is 2.32. The molecule has 3 N–H and O–H groups in total. The van der Waals surface area contributed by atoms with Crippen molar-refractivity contribution in [3.63, 3.8) is 0 Å². The summed E-state index contributed by atoms with van der Waals surface area (Å²) in [5, 5.41) is 0. The van der Waals surface area contributed by atoms with Crippen LogP contribution in [0.4, 0.5) is 4.79 Å². The fourth-order valence-corrected chi connectivity index (χ4v) is 1.56. The first-order valence-corrected chi connectivity index (χ1v) is 8.24. The largest absolute Gasteiger partial charge is 0.516 e. The summed E-state index contributed by atoms with van der Waals surface area (Å²) in [6.07, 6.45) is -1.42. The Labute approximate surface area is 159 Å². The van der Waals surface area contributed by atoms with Crippen molar-refractivity contribution in [2.45, 2.75) is 84.7 Å². The van der Waals surface area contributed by atoms with Gasteiger partial charge < -0.3 is 18.9 Å². The fraction of sp³-hybridized carbons (Fsp3) is 0.765. The number of nitrogens with two attached hydrogens (primary N) is 1. The van der Waals surface area contributed by atoms with Crippen LogP contribution in [0, 0.1) is 0 Å². The third-order valence-electron chi connectivity index (χ3n) is 2.50. The number of rotatable bonds is 4. The topological polar surface area (TPSA) is 143 Å². The molecule has 0 rings (SSSR count). The van der Waals surface area contributed by atoms with Gasteiger partial charge in [-0.2, -0.15) is 0 Å². The number of carbonyl (C=O) groups excluding carboxylic acids is 4. The van der Waals surface area contributed by atoms with Crippen LogP contribution in [-0.2, 0) is 33.3 Å². The summed E-state index contributed by atoms with van der Waals surface area (Å²) in [6.45, 7) is 13.7. The van der Waals surface area contributed by atoms with Crippen molar-refractivity contribution >= 4 is 24.1 Å². The van der Waals surface area contributed by atoms with E-state index < -0.39 is 46.4 Å². The Hall–Kier alpha value is -2.20. The standard InChI is InChI=1S/C17H30N2O8/c1-14(2,3)25-11(21)17(19-18,12(22)26-15(4,5)6)10(20)24-13(23)27-16(7,8)9/h19H,18H2,1-9H3.